The largest absolute Gasteiger partial charge is 0.454 e. The molecule has 0 spiro atoms. The van der Waals surface area contributed by atoms with Crippen molar-refractivity contribution in [1.82, 2.24) is 0 Å². The molecule has 11 aromatic rings. The monoisotopic (exact) mass is 777 g/mol. The smallest absolute Gasteiger partial charge is 0.159 e. The van der Waals surface area contributed by atoms with Crippen molar-refractivity contribution < 1.29 is 4.42 Å². The molecule has 2 heteroatoms. The third-order valence-corrected chi connectivity index (χ3v) is 12.8. The van der Waals surface area contributed by atoms with E-state index in [2.05, 4.69) is 235 Å². The van der Waals surface area contributed by atoms with Crippen LogP contribution >= 0.6 is 0 Å². The summed E-state index contributed by atoms with van der Waals surface area (Å²) < 4.78 is 6.89. The first-order valence-corrected chi connectivity index (χ1v) is 21.0. The van der Waals surface area contributed by atoms with Gasteiger partial charge in [0, 0.05) is 22.0 Å². The van der Waals surface area contributed by atoms with Gasteiger partial charge in [0.1, 0.15) is 5.58 Å². The van der Waals surface area contributed by atoms with Crippen molar-refractivity contribution in [3.05, 3.63) is 259 Å². The van der Waals surface area contributed by atoms with Crippen molar-refractivity contribution in [3.63, 3.8) is 0 Å². The number of furan rings is 1. The lowest BCUT2D eigenvalue weighted by atomic mass is 9.67. The maximum absolute atomic E-state index is 6.89. The number of hydrogen-bond acceptors (Lipinski definition) is 2. The Kier molecular flexibility index (Phi) is 8.11. The second-order valence-corrected chi connectivity index (χ2v) is 15.9. The van der Waals surface area contributed by atoms with Crippen LogP contribution in [-0.4, -0.2) is 0 Å². The predicted octanol–water partition coefficient (Wildman–Crippen LogP) is 15.9. The maximum atomic E-state index is 6.89. The molecule has 2 nitrogen and oxygen atoms in total. The van der Waals surface area contributed by atoms with E-state index in [0.29, 0.717) is 0 Å². The molecular formula is C59H39NO. The van der Waals surface area contributed by atoms with Gasteiger partial charge in [0.05, 0.1) is 16.8 Å². The van der Waals surface area contributed by atoms with Crippen molar-refractivity contribution in [1.29, 1.82) is 0 Å². The molecule has 0 aliphatic heterocycles. The summed E-state index contributed by atoms with van der Waals surface area (Å²) in [6.07, 6.45) is 0. The summed E-state index contributed by atoms with van der Waals surface area (Å²) in [5.41, 5.74) is 16.4. The molecule has 10 aromatic carbocycles. The Morgan fingerprint density at radius 3 is 1.72 bits per heavy atom. The molecule has 0 unspecified atom stereocenters. The van der Waals surface area contributed by atoms with Crippen molar-refractivity contribution in [2.24, 2.45) is 0 Å². The zero-order chi connectivity index (χ0) is 40.3. The van der Waals surface area contributed by atoms with Crippen LogP contribution < -0.4 is 4.90 Å². The molecule has 0 amide bonds. The first-order valence-electron chi connectivity index (χ1n) is 21.0. The van der Waals surface area contributed by atoms with Crippen LogP contribution in [0.2, 0.25) is 0 Å². The lowest BCUT2D eigenvalue weighted by Crippen LogP contribution is -2.28. The highest BCUT2D eigenvalue weighted by Gasteiger charge is 2.46. The van der Waals surface area contributed by atoms with Gasteiger partial charge in [0.15, 0.2) is 5.58 Å². The second kappa shape index (κ2) is 14.1. The lowest BCUT2D eigenvalue weighted by Gasteiger charge is -2.35. The first-order chi connectivity index (χ1) is 30.3. The van der Waals surface area contributed by atoms with Gasteiger partial charge in [-0.05, 0) is 91.2 Å². The fourth-order valence-electron chi connectivity index (χ4n) is 10.2. The summed E-state index contributed by atoms with van der Waals surface area (Å²) in [5, 5.41) is 4.62. The number of para-hydroxylation sites is 3. The van der Waals surface area contributed by atoms with Crippen LogP contribution in [-0.2, 0) is 5.41 Å². The molecule has 286 valence electrons. The zero-order valence-electron chi connectivity index (χ0n) is 33.4. The Morgan fingerprint density at radius 2 is 0.934 bits per heavy atom. The van der Waals surface area contributed by atoms with E-state index in [1.54, 1.807) is 0 Å². The Hall–Kier alpha value is -7.94. The molecule has 1 aromatic heterocycles. The molecule has 1 heterocycles. The standard InChI is InChI=1S/C59H39NO/c1-4-20-41(21-5-1)57-45-26-11-10-19-40(45)35-37-50(57)48-28-13-16-32-54(48)60(55-33-18-30-51-49-29-14-17-34-56(49)61-58(51)55)44-36-38-47-46-27-12-15-31-52(46)59(53(47)39-44,42-22-6-2-7-23-42)43-24-8-3-9-25-43/h1-39H. The van der Waals surface area contributed by atoms with Crippen molar-refractivity contribution in [3.8, 4) is 33.4 Å². The first kappa shape index (κ1) is 35.0. The van der Waals surface area contributed by atoms with Gasteiger partial charge in [0.2, 0.25) is 0 Å². The van der Waals surface area contributed by atoms with Crippen LogP contribution in [0.25, 0.3) is 66.1 Å². The van der Waals surface area contributed by atoms with E-state index in [0.717, 1.165) is 44.6 Å². The molecule has 0 fully saturated rings. The van der Waals surface area contributed by atoms with Crippen LogP contribution in [0.1, 0.15) is 22.3 Å². The van der Waals surface area contributed by atoms with Crippen LogP contribution in [0.5, 0.6) is 0 Å². The highest BCUT2D eigenvalue weighted by Crippen LogP contribution is 2.58. The minimum absolute atomic E-state index is 0.556. The summed E-state index contributed by atoms with van der Waals surface area (Å²) >= 11 is 0. The van der Waals surface area contributed by atoms with Gasteiger partial charge >= 0.3 is 0 Å². The topological polar surface area (TPSA) is 16.4 Å². The van der Waals surface area contributed by atoms with Gasteiger partial charge in [-0.15, -0.1) is 0 Å². The number of rotatable bonds is 7. The molecule has 12 rings (SSSR count). The highest BCUT2D eigenvalue weighted by molar-refractivity contribution is 6.12. The average Bonchev–Trinajstić information content (AvgIpc) is 3.87. The molecule has 0 radical (unpaired) electrons. The lowest BCUT2D eigenvalue weighted by molar-refractivity contribution is 0.669. The number of benzene rings is 10. The SMILES string of the molecule is c1ccc(-c2c(-c3ccccc3N(c3ccc4c(c3)C(c3ccccc3)(c3ccccc3)c3ccccc3-4)c3cccc4c3oc3ccccc34)ccc3ccccc23)cc1. The quantitative estimate of drug-likeness (QED) is 0.160. The molecule has 0 saturated heterocycles. The predicted molar refractivity (Wildman–Crippen MR) is 254 cm³/mol. The molecule has 0 bridgehead atoms. The van der Waals surface area contributed by atoms with Gasteiger partial charge in [-0.2, -0.15) is 0 Å². The van der Waals surface area contributed by atoms with Crippen molar-refractivity contribution >= 4 is 49.8 Å². The fraction of sp³-hybridized carbons (Fsp3) is 0.0169. The third kappa shape index (κ3) is 5.36. The minimum Gasteiger partial charge on any atom is -0.454 e. The van der Waals surface area contributed by atoms with Gasteiger partial charge in [0.25, 0.3) is 0 Å². The van der Waals surface area contributed by atoms with Crippen LogP contribution in [0.4, 0.5) is 17.1 Å². The van der Waals surface area contributed by atoms with Crippen LogP contribution in [0.15, 0.2) is 241 Å². The Balaban J connectivity index is 1.18. The highest BCUT2D eigenvalue weighted by atomic mass is 16.3. The van der Waals surface area contributed by atoms with Crippen LogP contribution in [0.3, 0.4) is 0 Å². The van der Waals surface area contributed by atoms with E-state index in [1.807, 2.05) is 6.07 Å². The second-order valence-electron chi connectivity index (χ2n) is 15.9. The molecule has 0 N–H and O–H groups in total. The fourth-order valence-corrected chi connectivity index (χ4v) is 10.2. The Morgan fingerprint density at radius 1 is 0.361 bits per heavy atom. The van der Waals surface area contributed by atoms with E-state index >= 15 is 0 Å². The van der Waals surface area contributed by atoms with E-state index < -0.39 is 5.41 Å². The van der Waals surface area contributed by atoms with E-state index in [1.165, 1.54) is 60.8 Å². The molecule has 1 aliphatic carbocycles. The van der Waals surface area contributed by atoms with Gasteiger partial charge in [-0.3, -0.25) is 0 Å². The summed E-state index contributed by atoms with van der Waals surface area (Å²) in [6.45, 7) is 0. The third-order valence-electron chi connectivity index (χ3n) is 12.8. The van der Waals surface area contributed by atoms with E-state index in [4.69, 9.17) is 4.42 Å². The Labute approximate surface area is 355 Å². The van der Waals surface area contributed by atoms with Gasteiger partial charge < -0.3 is 9.32 Å². The average molecular weight is 778 g/mol. The zero-order valence-corrected chi connectivity index (χ0v) is 33.4. The summed E-state index contributed by atoms with van der Waals surface area (Å²) in [7, 11) is 0. The molecule has 1 aliphatic rings. The summed E-state index contributed by atoms with van der Waals surface area (Å²) in [6, 6.07) is 86.0. The molecule has 0 atom stereocenters. The molecular weight excluding hydrogens is 739 g/mol. The number of nitrogens with zero attached hydrogens (tertiary/aromatic N) is 1. The number of anilines is 3. The normalized spacial score (nSPS) is 12.7. The van der Waals surface area contributed by atoms with E-state index in [-0.39, 0.29) is 0 Å². The molecule has 61 heavy (non-hydrogen) atoms. The summed E-state index contributed by atoms with van der Waals surface area (Å²) in [5.74, 6) is 0. The van der Waals surface area contributed by atoms with Gasteiger partial charge in [-0.1, -0.05) is 206 Å². The number of fused-ring (bicyclic) bond motifs is 7. The molecule has 0 saturated carbocycles. The van der Waals surface area contributed by atoms with Crippen LogP contribution in [0, 0.1) is 0 Å². The summed E-state index contributed by atoms with van der Waals surface area (Å²) in [4.78, 5) is 2.44. The van der Waals surface area contributed by atoms with E-state index in [9.17, 15) is 0 Å². The maximum Gasteiger partial charge on any atom is 0.159 e. The number of hydrogen-bond donors (Lipinski definition) is 0. The van der Waals surface area contributed by atoms with Crippen molar-refractivity contribution in [2.45, 2.75) is 5.41 Å². The minimum atomic E-state index is -0.556. The van der Waals surface area contributed by atoms with Crippen molar-refractivity contribution in [2.75, 3.05) is 4.90 Å². The van der Waals surface area contributed by atoms with Gasteiger partial charge in [-0.25, -0.2) is 0 Å². The Bertz CT molecular complexity index is 3380.